The van der Waals surface area contributed by atoms with Crippen molar-refractivity contribution in [3.8, 4) is 11.5 Å². The minimum Gasteiger partial charge on any atom is -0.508 e. The molecule has 26 heavy (non-hydrogen) atoms. The van der Waals surface area contributed by atoms with Gasteiger partial charge >= 0.3 is 0 Å². The summed E-state index contributed by atoms with van der Waals surface area (Å²) < 4.78 is 0. The number of hydrogen-bond donors (Lipinski definition) is 2. The Hall–Kier alpha value is -3.34. The Labute approximate surface area is 151 Å². The second-order valence-corrected chi connectivity index (χ2v) is 6.26. The molecule has 0 radical (unpaired) electrons. The fourth-order valence-electron chi connectivity index (χ4n) is 3.22. The Morgan fingerprint density at radius 2 is 1.27 bits per heavy atom. The zero-order valence-corrected chi connectivity index (χ0v) is 14.5. The largest absolute Gasteiger partial charge is 0.508 e. The molecule has 0 atom stereocenters. The molecule has 2 N–H and O–H groups in total. The van der Waals surface area contributed by atoms with Crippen molar-refractivity contribution in [3.05, 3.63) is 98.6 Å². The number of nitro groups is 1. The molecule has 0 amide bonds. The van der Waals surface area contributed by atoms with Gasteiger partial charge in [-0.3, -0.25) is 10.1 Å². The minimum absolute atomic E-state index is 0.0211. The predicted molar refractivity (Wildman–Crippen MR) is 99.7 cm³/mol. The van der Waals surface area contributed by atoms with Gasteiger partial charge in [0.2, 0.25) is 0 Å². The Balaban J connectivity index is 2.24. The van der Waals surface area contributed by atoms with Crippen LogP contribution in [0.25, 0.3) is 0 Å². The lowest BCUT2D eigenvalue weighted by molar-refractivity contribution is -0.384. The van der Waals surface area contributed by atoms with Crippen molar-refractivity contribution < 1.29 is 15.1 Å². The molecule has 0 saturated heterocycles. The molecule has 3 aromatic rings. The number of aromatic hydroxyl groups is 2. The summed E-state index contributed by atoms with van der Waals surface area (Å²) in [5, 5.41) is 31.2. The molecule has 0 unspecified atom stereocenters. The molecule has 0 heterocycles. The van der Waals surface area contributed by atoms with Gasteiger partial charge in [0.1, 0.15) is 11.5 Å². The molecule has 0 spiro atoms. The van der Waals surface area contributed by atoms with Crippen LogP contribution in [0.2, 0.25) is 0 Å². The van der Waals surface area contributed by atoms with E-state index in [2.05, 4.69) is 0 Å². The van der Waals surface area contributed by atoms with Crippen molar-refractivity contribution in [1.29, 1.82) is 0 Å². The van der Waals surface area contributed by atoms with Crippen LogP contribution in [-0.2, 0) is 0 Å². The standard InChI is InChI=1S/C21H19NO4/c1-13-17(5-3-7-19(13)23)21(18-6-4-8-20(24)14(18)2)15-9-11-16(12-10-15)22(25)26/h3-12,21,23-24H,1-2H3. The highest BCUT2D eigenvalue weighted by molar-refractivity contribution is 5.54. The molecule has 0 aromatic heterocycles. The smallest absolute Gasteiger partial charge is 0.269 e. The van der Waals surface area contributed by atoms with Crippen molar-refractivity contribution in [1.82, 2.24) is 0 Å². The maximum atomic E-state index is 11.0. The second kappa shape index (κ2) is 6.88. The van der Waals surface area contributed by atoms with Gasteiger partial charge in [0.15, 0.2) is 0 Å². The van der Waals surface area contributed by atoms with E-state index in [1.54, 1.807) is 36.4 Å². The first kappa shape index (κ1) is 17.5. The summed E-state index contributed by atoms with van der Waals surface area (Å²) in [4.78, 5) is 10.5. The third-order valence-electron chi connectivity index (χ3n) is 4.75. The summed E-state index contributed by atoms with van der Waals surface area (Å²) in [5.74, 6) is 0.106. The van der Waals surface area contributed by atoms with E-state index < -0.39 is 4.92 Å². The first-order chi connectivity index (χ1) is 12.4. The zero-order chi connectivity index (χ0) is 18.8. The van der Waals surface area contributed by atoms with Crippen LogP contribution in [0.1, 0.15) is 33.7 Å². The fourth-order valence-corrected chi connectivity index (χ4v) is 3.22. The molecule has 3 aromatic carbocycles. The number of benzene rings is 3. The van der Waals surface area contributed by atoms with E-state index in [9.17, 15) is 20.3 Å². The van der Waals surface area contributed by atoms with E-state index in [4.69, 9.17) is 0 Å². The van der Waals surface area contributed by atoms with E-state index in [0.717, 1.165) is 27.8 Å². The van der Waals surface area contributed by atoms with Gasteiger partial charge in [-0.25, -0.2) is 0 Å². The molecule has 0 aliphatic rings. The number of phenolic OH excluding ortho intramolecular Hbond substituents is 2. The van der Waals surface area contributed by atoms with Crippen molar-refractivity contribution in [3.63, 3.8) is 0 Å². The van der Waals surface area contributed by atoms with Gasteiger partial charge in [-0.15, -0.1) is 0 Å². The highest BCUT2D eigenvalue weighted by Gasteiger charge is 2.23. The maximum absolute atomic E-state index is 11.0. The van der Waals surface area contributed by atoms with Crippen molar-refractivity contribution in [2.24, 2.45) is 0 Å². The van der Waals surface area contributed by atoms with Crippen LogP contribution >= 0.6 is 0 Å². The van der Waals surface area contributed by atoms with E-state index in [-0.39, 0.29) is 23.1 Å². The second-order valence-electron chi connectivity index (χ2n) is 6.26. The monoisotopic (exact) mass is 349 g/mol. The molecule has 3 rings (SSSR count). The van der Waals surface area contributed by atoms with Crippen LogP contribution < -0.4 is 0 Å². The predicted octanol–water partition coefficient (Wildman–Crippen LogP) is 4.80. The quantitative estimate of drug-likeness (QED) is 0.402. The van der Waals surface area contributed by atoms with E-state index >= 15 is 0 Å². The molecule has 0 bridgehead atoms. The SMILES string of the molecule is Cc1c(O)cccc1C(c1ccc([N+](=O)[O-])cc1)c1cccc(O)c1C. The summed E-state index contributed by atoms with van der Waals surface area (Å²) in [6, 6.07) is 17.0. The molecule has 132 valence electrons. The van der Waals surface area contributed by atoms with Gasteiger partial charge in [0, 0.05) is 18.1 Å². The normalized spacial score (nSPS) is 10.9. The lowest BCUT2D eigenvalue weighted by atomic mass is 9.81. The molecule has 0 aliphatic carbocycles. The van der Waals surface area contributed by atoms with Gasteiger partial charge < -0.3 is 10.2 Å². The van der Waals surface area contributed by atoms with Crippen molar-refractivity contribution >= 4 is 5.69 Å². The Morgan fingerprint density at radius 3 is 1.69 bits per heavy atom. The summed E-state index contributed by atoms with van der Waals surface area (Å²) in [5.41, 5.74) is 4.10. The number of non-ortho nitro benzene ring substituents is 1. The van der Waals surface area contributed by atoms with E-state index in [1.165, 1.54) is 12.1 Å². The van der Waals surface area contributed by atoms with Crippen LogP contribution in [0.3, 0.4) is 0 Å². The number of rotatable bonds is 4. The average molecular weight is 349 g/mol. The van der Waals surface area contributed by atoms with Gasteiger partial charge in [0.05, 0.1) is 4.92 Å². The maximum Gasteiger partial charge on any atom is 0.269 e. The average Bonchev–Trinajstić information content (AvgIpc) is 2.63. The summed E-state index contributed by atoms with van der Waals surface area (Å²) >= 11 is 0. The summed E-state index contributed by atoms with van der Waals surface area (Å²) in [6.45, 7) is 3.67. The van der Waals surface area contributed by atoms with Crippen LogP contribution in [-0.4, -0.2) is 15.1 Å². The third-order valence-corrected chi connectivity index (χ3v) is 4.75. The number of hydrogen-bond acceptors (Lipinski definition) is 4. The van der Waals surface area contributed by atoms with Gasteiger partial charge in [-0.1, -0.05) is 36.4 Å². The lowest BCUT2D eigenvalue weighted by Crippen LogP contribution is -2.07. The lowest BCUT2D eigenvalue weighted by Gasteiger charge is -2.23. The number of nitrogens with zero attached hydrogens (tertiary/aromatic N) is 1. The van der Waals surface area contributed by atoms with E-state index in [1.807, 2.05) is 26.0 Å². The molecule has 5 nitrogen and oxygen atoms in total. The van der Waals surface area contributed by atoms with Crippen LogP contribution in [0.4, 0.5) is 5.69 Å². The molecular weight excluding hydrogens is 330 g/mol. The highest BCUT2D eigenvalue weighted by Crippen LogP contribution is 2.39. The fraction of sp³-hybridized carbons (Fsp3) is 0.143. The van der Waals surface area contributed by atoms with Crippen LogP contribution in [0.15, 0.2) is 60.7 Å². The molecular formula is C21H19NO4. The topological polar surface area (TPSA) is 83.6 Å². The van der Waals surface area contributed by atoms with Gasteiger partial charge in [0.25, 0.3) is 5.69 Å². The van der Waals surface area contributed by atoms with E-state index in [0.29, 0.717) is 0 Å². The highest BCUT2D eigenvalue weighted by atomic mass is 16.6. The zero-order valence-electron chi connectivity index (χ0n) is 14.5. The first-order valence-corrected chi connectivity index (χ1v) is 8.21. The third kappa shape index (κ3) is 3.11. The van der Waals surface area contributed by atoms with Crippen molar-refractivity contribution in [2.75, 3.05) is 0 Å². The molecule has 0 fully saturated rings. The van der Waals surface area contributed by atoms with Crippen LogP contribution in [0.5, 0.6) is 11.5 Å². The minimum atomic E-state index is -0.433. The Morgan fingerprint density at radius 1 is 0.808 bits per heavy atom. The van der Waals surface area contributed by atoms with Crippen molar-refractivity contribution in [2.45, 2.75) is 19.8 Å². The first-order valence-electron chi connectivity index (χ1n) is 8.21. The Kier molecular flexibility index (Phi) is 4.63. The number of phenols is 2. The van der Waals surface area contributed by atoms with Crippen LogP contribution in [0, 0.1) is 24.0 Å². The molecule has 5 heteroatoms. The molecule has 0 saturated carbocycles. The number of nitro benzene ring substituents is 1. The van der Waals surface area contributed by atoms with Gasteiger partial charge in [-0.2, -0.15) is 0 Å². The summed E-state index contributed by atoms with van der Waals surface area (Å²) in [7, 11) is 0. The Bertz CT molecular complexity index is 913. The molecule has 0 aliphatic heterocycles. The van der Waals surface area contributed by atoms with Gasteiger partial charge in [-0.05, 0) is 53.8 Å². The summed E-state index contributed by atoms with van der Waals surface area (Å²) in [6.07, 6.45) is 0.